The summed E-state index contributed by atoms with van der Waals surface area (Å²) in [6.07, 6.45) is -0.189. The Bertz CT molecular complexity index is 289. The molecule has 2 nitrogen and oxygen atoms in total. The number of ether oxygens (including phenoxy) is 1. The van der Waals surface area contributed by atoms with Gasteiger partial charge in [0, 0.05) is 4.47 Å². The average Bonchev–Trinajstić information content (AvgIpc) is 2.11. The highest BCUT2D eigenvalue weighted by Crippen LogP contribution is 2.28. The zero-order chi connectivity index (χ0) is 9.84. The van der Waals surface area contributed by atoms with E-state index in [1.807, 2.05) is 25.1 Å². The highest BCUT2D eigenvalue weighted by atomic mass is 79.9. The standard InChI is InChI=1S/C9H10Br2O2/c1-6(5-12)13-9-4-7(10)2-3-8(9)11/h2-4,6,12H,5H2,1H3/t6-/m0/s1. The summed E-state index contributed by atoms with van der Waals surface area (Å²) in [5.74, 6) is 0.732. The van der Waals surface area contributed by atoms with E-state index < -0.39 is 0 Å². The number of halogens is 2. The van der Waals surface area contributed by atoms with Crippen molar-refractivity contribution >= 4 is 31.9 Å². The van der Waals surface area contributed by atoms with Gasteiger partial charge in [-0.15, -0.1) is 0 Å². The minimum Gasteiger partial charge on any atom is -0.487 e. The minimum atomic E-state index is -0.189. The lowest BCUT2D eigenvalue weighted by molar-refractivity contribution is 0.129. The van der Waals surface area contributed by atoms with Crippen molar-refractivity contribution in [3.63, 3.8) is 0 Å². The molecule has 0 aromatic heterocycles. The number of hydrogen-bond acceptors (Lipinski definition) is 2. The SMILES string of the molecule is C[C@@H](CO)Oc1cc(Br)ccc1Br. The normalized spacial score (nSPS) is 12.6. The molecule has 0 saturated heterocycles. The molecule has 0 radical (unpaired) electrons. The number of aliphatic hydroxyl groups excluding tert-OH is 1. The van der Waals surface area contributed by atoms with E-state index >= 15 is 0 Å². The Labute approximate surface area is 94.2 Å². The summed E-state index contributed by atoms with van der Waals surface area (Å²) in [7, 11) is 0. The van der Waals surface area contributed by atoms with Crippen LogP contribution in [0.4, 0.5) is 0 Å². The summed E-state index contributed by atoms with van der Waals surface area (Å²) in [6.45, 7) is 1.83. The van der Waals surface area contributed by atoms with Crippen LogP contribution in [0, 0.1) is 0 Å². The second-order valence-corrected chi connectivity index (χ2v) is 4.46. The van der Waals surface area contributed by atoms with Gasteiger partial charge in [0.1, 0.15) is 11.9 Å². The molecule has 0 fully saturated rings. The van der Waals surface area contributed by atoms with E-state index in [2.05, 4.69) is 31.9 Å². The predicted molar refractivity (Wildman–Crippen MR) is 59.0 cm³/mol. The first kappa shape index (κ1) is 11.0. The van der Waals surface area contributed by atoms with E-state index in [1.165, 1.54) is 0 Å². The van der Waals surface area contributed by atoms with E-state index in [1.54, 1.807) is 0 Å². The van der Waals surface area contributed by atoms with E-state index in [9.17, 15) is 0 Å². The minimum absolute atomic E-state index is 0.0129. The number of rotatable bonds is 3. The third kappa shape index (κ3) is 3.29. The van der Waals surface area contributed by atoms with E-state index in [0.29, 0.717) is 0 Å². The Kier molecular flexibility index (Phi) is 4.22. The van der Waals surface area contributed by atoms with Crippen LogP contribution >= 0.6 is 31.9 Å². The summed E-state index contributed by atoms with van der Waals surface area (Å²) >= 11 is 6.71. The van der Waals surface area contributed by atoms with E-state index in [4.69, 9.17) is 9.84 Å². The molecule has 1 atom stereocenters. The van der Waals surface area contributed by atoms with E-state index in [0.717, 1.165) is 14.7 Å². The van der Waals surface area contributed by atoms with E-state index in [-0.39, 0.29) is 12.7 Å². The molecule has 1 rings (SSSR count). The molecule has 1 aromatic carbocycles. The summed E-state index contributed by atoms with van der Waals surface area (Å²) in [5.41, 5.74) is 0. The zero-order valence-corrected chi connectivity index (χ0v) is 10.3. The highest BCUT2D eigenvalue weighted by Gasteiger charge is 2.05. The lowest BCUT2D eigenvalue weighted by Crippen LogP contribution is -2.16. The molecule has 72 valence electrons. The fourth-order valence-corrected chi connectivity index (χ4v) is 1.50. The summed E-state index contributed by atoms with van der Waals surface area (Å²) in [5, 5.41) is 8.80. The van der Waals surface area contributed by atoms with Gasteiger partial charge < -0.3 is 9.84 Å². The Morgan fingerprint density at radius 1 is 1.46 bits per heavy atom. The van der Waals surface area contributed by atoms with Crippen LogP contribution in [0.15, 0.2) is 27.1 Å². The topological polar surface area (TPSA) is 29.5 Å². The zero-order valence-electron chi connectivity index (χ0n) is 7.13. The van der Waals surface area contributed by atoms with Gasteiger partial charge in [-0.2, -0.15) is 0 Å². The Hall–Kier alpha value is -0.0600. The first-order valence-corrected chi connectivity index (χ1v) is 5.44. The number of hydrogen-bond donors (Lipinski definition) is 1. The lowest BCUT2D eigenvalue weighted by Gasteiger charge is -2.13. The van der Waals surface area contributed by atoms with Crippen LogP contribution in [0.25, 0.3) is 0 Å². The van der Waals surface area contributed by atoms with Gasteiger partial charge >= 0.3 is 0 Å². The van der Waals surface area contributed by atoms with Crippen molar-refractivity contribution in [3.8, 4) is 5.75 Å². The van der Waals surface area contributed by atoms with Crippen LogP contribution in [-0.4, -0.2) is 17.8 Å². The monoisotopic (exact) mass is 308 g/mol. The van der Waals surface area contributed by atoms with Gasteiger partial charge in [-0.3, -0.25) is 0 Å². The van der Waals surface area contributed by atoms with Crippen molar-refractivity contribution in [2.75, 3.05) is 6.61 Å². The third-order valence-corrected chi connectivity index (χ3v) is 2.63. The lowest BCUT2D eigenvalue weighted by atomic mass is 10.3. The van der Waals surface area contributed by atoms with Gasteiger partial charge in [-0.25, -0.2) is 0 Å². The predicted octanol–water partition coefficient (Wildman–Crippen LogP) is 2.97. The number of benzene rings is 1. The third-order valence-electron chi connectivity index (χ3n) is 1.48. The maximum Gasteiger partial charge on any atom is 0.135 e. The van der Waals surface area contributed by atoms with Gasteiger partial charge in [0.05, 0.1) is 11.1 Å². The van der Waals surface area contributed by atoms with Crippen LogP contribution in [-0.2, 0) is 0 Å². The molecule has 4 heteroatoms. The van der Waals surface area contributed by atoms with Crippen LogP contribution < -0.4 is 4.74 Å². The van der Waals surface area contributed by atoms with Crippen molar-refractivity contribution < 1.29 is 9.84 Å². The fourth-order valence-electron chi connectivity index (χ4n) is 0.822. The quantitative estimate of drug-likeness (QED) is 0.930. The molecule has 0 heterocycles. The molecule has 1 N–H and O–H groups in total. The summed E-state index contributed by atoms with van der Waals surface area (Å²) in [4.78, 5) is 0. The molecular weight excluding hydrogens is 300 g/mol. The summed E-state index contributed by atoms with van der Waals surface area (Å²) in [6, 6.07) is 5.67. The Morgan fingerprint density at radius 3 is 2.77 bits per heavy atom. The maximum atomic E-state index is 8.80. The average molecular weight is 310 g/mol. The van der Waals surface area contributed by atoms with Gasteiger partial charge in [0.2, 0.25) is 0 Å². The molecular formula is C9H10Br2O2. The van der Waals surface area contributed by atoms with Crippen LogP contribution in [0.5, 0.6) is 5.75 Å². The van der Waals surface area contributed by atoms with Crippen molar-refractivity contribution in [1.82, 2.24) is 0 Å². The van der Waals surface area contributed by atoms with Crippen LogP contribution in [0.3, 0.4) is 0 Å². The molecule has 0 spiro atoms. The van der Waals surface area contributed by atoms with Crippen LogP contribution in [0.1, 0.15) is 6.92 Å². The molecule has 0 unspecified atom stereocenters. The van der Waals surface area contributed by atoms with Crippen molar-refractivity contribution in [2.24, 2.45) is 0 Å². The molecule has 1 aromatic rings. The van der Waals surface area contributed by atoms with Gasteiger partial charge in [-0.05, 0) is 41.1 Å². The molecule has 0 bridgehead atoms. The second-order valence-electron chi connectivity index (χ2n) is 2.69. The maximum absolute atomic E-state index is 8.80. The molecule has 13 heavy (non-hydrogen) atoms. The fraction of sp³-hybridized carbons (Fsp3) is 0.333. The smallest absolute Gasteiger partial charge is 0.135 e. The first-order chi connectivity index (χ1) is 6.13. The molecule has 0 aliphatic rings. The molecule has 0 amide bonds. The van der Waals surface area contributed by atoms with Crippen molar-refractivity contribution in [2.45, 2.75) is 13.0 Å². The van der Waals surface area contributed by atoms with Gasteiger partial charge in [-0.1, -0.05) is 15.9 Å². The molecule has 0 aliphatic carbocycles. The number of aliphatic hydroxyl groups is 1. The Morgan fingerprint density at radius 2 is 2.15 bits per heavy atom. The largest absolute Gasteiger partial charge is 0.487 e. The van der Waals surface area contributed by atoms with Gasteiger partial charge in [0.15, 0.2) is 0 Å². The van der Waals surface area contributed by atoms with Crippen LogP contribution in [0.2, 0.25) is 0 Å². The second kappa shape index (κ2) is 4.98. The summed E-state index contributed by atoms with van der Waals surface area (Å²) < 4.78 is 7.29. The highest BCUT2D eigenvalue weighted by molar-refractivity contribution is 9.11. The van der Waals surface area contributed by atoms with Crippen molar-refractivity contribution in [3.05, 3.63) is 27.1 Å². The molecule has 0 aliphatic heterocycles. The van der Waals surface area contributed by atoms with Crippen molar-refractivity contribution in [1.29, 1.82) is 0 Å². The first-order valence-electron chi connectivity index (χ1n) is 3.86. The van der Waals surface area contributed by atoms with Gasteiger partial charge in [0.25, 0.3) is 0 Å². The molecule has 0 saturated carbocycles. The Balaban J connectivity index is 2.81.